The van der Waals surface area contributed by atoms with Crippen molar-refractivity contribution in [3.63, 3.8) is 0 Å². The van der Waals surface area contributed by atoms with Gasteiger partial charge in [0.2, 0.25) is 0 Å². The summed E-state index contributed by atoms with van der Waals surface area (Å²) in [6.45, 7) is 6.43. The summed E-state index contributed by atoms with van der Waals surface area (Å²) in [6.07, 6.45) is 0.719. The zero-order chi connectivity index (χ0) is 19.1. The highest BCUT2D eigenvalue weighted by Crippen LogP contribution is 2.32. The molecular weight excluding hydrogens is 342 g/mol. The third-order valence-corrected chi connectivity index (χ3v) is 5.03. The minimum Gasteiger partial charge on any atom is -0.466 e. The molecule has 1 N–H and O–H groups in total. The van der Waals surface area contributed by atoms with Crippen LogP contribution in [-0.4, -0.2) is 33.3 Å². The van der Waals surface area contributed by atoms with E-state index in [1.807, 2.05) is 24.8 Å². The van der Waals surface area contributed by atoms with Crippen molar-refractivity contribution in [1.82, 2.24) is 15.1 Å². The van der Waals surface area contributed by atoms with Gasteiger partial charge in [0.15, 0.2) is 5.78 Å². The van der Waals surface area contributed by atoms with E-state index in [1.54, 1.807) is 24.3 Å². The molecule has 138 valence electrons. The number of carbonyl (C=O) groups excluding carboxylic acids is 2. The number of hydrogen-bond donors (Lipinski definition) is 1. The molecule has 0 fully saturated rings. The van der Waals surface area contributed by atoms with E-state index in [0.717, 1.165) is 40.5 Å². The molecule has 6 heteroatoms. The van der Waals surface area contributed by atoms with Crippen molar-refractivity contribution in [2.75, 3.05) is 6.54 Å². The second-order valence-electron chi connectivity index (χ2n) is 6.97. The average Bonchev–Trinajstić information content (AvgIpc) is 3.22. The van der Waals surface area contributed by atoms with Gasteiger partial charge in [-0.2, -0.15) is 5.10 Å². The number of hydrogen-bond acceptors (Lipinski definition) is 4. The average molecular weight is 363 g/mol. The van der Waals surface area contributed by atoms with Gasteiger partial charge in [0.05, 0.1) is 0 Å². The van der Waals surface area contributed by atoms with Crippen LogP contribution in [0.4, 0.5) is 0 Å². The summed E-state index contributed by atoms with van der Waals surface area (Å²) in [5.41, 5.74) is 4.97. The number of H-pyrrole nitrogens is 1. The lowest BCUT2D eigenvalue weighted by Crippen LogP contribution is -2.36. The fraction of sp³-hybridized carbons (Fsp3) is 0.286. The van der Waals surface area contributed by atoms with Crippen LogP contribution in [-0.2, 0) is 13.0 Å². The number of carbonyl (C=O) groups is 2. The highest BCUT2D eigenvalue weighted by molar-refractivity contribution is 5.99. The number of aromatic amines is 1. The van der Waals surface area contributed by atoms with Crippen molar-refractivity contribution in [3.05, 3.63) is 64.2 Å². The van der Waals surface area contributed by atoms with Gasteiger partial charge >= 0.3 is 0 Å². The third kappa shape index (κ3) is 3.07. The highest BCUT2D eigenvalue weighted by atomic mass is 16.3. The van der Waals surface area contributed by atoms with Crippen molar-refractivity contribution in [1.29, 1.82) is 0 Å². The Hall–Kier alpha value is -3.15. The van der Waals surface area contributed by atoms with Crippen molar-refractivity contribution >= 4 is 11.7 Å². The van der Waals surface area contributed by atoms with E-state index in [0.29, 0.717) is 24.2 Å². The summed E-state index contributed by atoms with van der Waals surface area (Å²) in [6, 6.07) is 8.87. The fourth-order valence-electron chi connectivity index (χ4n) is 3.61. The van der Waals surface area contributed by atoms with Crippen molar-refractivity contribution in [2.24, 2.45) is 0 Å². The second kappa shape index (κ2) is 6.54. The first-order chi connectivity index (χ1) is 12.9. The predicted octanol–water partition coefficient (Wildman–Crippen LogP) is 3.69. The van der Waals surface area contributed by atoms with Gasteiger partial charge in [-0.15, -0.1) is 0 Å². The lowest BCUT2D eigenvalue weighted by molar-refractivity contribution is 0.0734. The minimum absolute atomic E-state index is 0.0477. The first kappa shape index (κ1) is 17.3. The van der Waals surface area contributed by atoms with Crippen LogP contribution in [0.5, 0.6) is 0 Å². The molecule has 0 bridgehead atoms. The maximum Gasteiger partial charge on any atom is 0.254 e. The van der Waals surface area contributed by atoms with Crippen molar-refractivity contribution in [2.45, 2.75) is 33.7 Å². The van der Waals surface area contributed by atoms with Crippen LogP contribution in [0.2, 0.25) is 0 Å². The largest absolute Gasteiger partial charge is 0.466 e. The molecule has 6 nitrogen and oxygen atoms in total. The second-order valence-corrected chi connectivity index (χ2v) is 6.97. The Labute approximate surface area is 157 Å². The van der Waals surface area contributed by atoms with Gasteiger partial charge < -0.3 is 9.32 Å². The first-order valence-corrected chi connectivity index (χ1v) is 8.98. The number of Topliss-reactive ketones (excluding diaryl/α,β-unsaturated/α-hetero) is 1. The zero-order valence-electron chi connectivity index (χ0n) is 15.6. The van der Waals surface area contributed by atoms with Crippen molar-refractivity contribution < 1.29 is 14.0 Å². The van der Waals surface area contributed by atoms with E-state index >= 15 is 0 Å². The molecule has 1 aliphatic heterocycles. The molecule has 0 atom stereocenters. The number of furan rings is 1. The number of aromatic nitrogens is 2. The van der Waals surface area contributed by atoms with Crippen LogP contribution in [0.1, 0.15) is 50.4 Å². The first-order valence-electron chi connectivity index (χ1n) is 8.98. The molecule has 1 aromatic carbocycles. The predicted molar refractivity (Wildman–Crippen MR) is 101 cm³/mol. The fourth-order valence-corrected chi connectivity index (χ4v) is 3.61. The quantitative estimate of drug-likeness (QED) is 0.720. The van der Waals surface area contributed by atoms with Gasteiger partial charge in [0.25, 0.3) is 5.91 Å². The molecule has 0 aliphatic carbocycles. The number of rotatable bonds is 3. The van der Waals surface area contributed by atoms with E-state index in [-0.39, 0.29) is 11.7 Å². The van der Waals surface area contributed by atoms with Gasteiger partial charge in [-0.1, -0.05) is 12.1 Å². The summed E-state index contributed by atoms with van der Waals surface area (Å²) in [5, 5.41) is 7.59. The lowest BCUT2D eigenvalue weighted by Gasteiger charge is -2.27. The molecule has 0 radical (unpaired) electrons. The van der Waals surface area contributed by atoms with Crippen LogP contribution in [0.3, 0.4) is 0 Å². The molecule has 3 aromatic rings. The van der Waals surface area contributed by atoms with Gasteiger partial charge in [-0.05, 0) is 39.0 Å². The van der Waals surface area contributed by atoms with E-state index in [9.17, 15) is 9.59 Å². The molecule has 27 heavy (non-hydrogen) atoms. The number of amides is 1. The summed E-state index contributed by atoms with van der Waals surface area (Å²) < 4.78 is 5.64. The number of aryl methyl sites for hydroxylation is 2. The zero-order valence-corrected chi connectivity index (χ0v) is 15.6. The number of ketones is 1. The molecule has 0 saturated carbocycles. The molecule has 0 unspecified atom stereocenters. The summed E-state index contributed by atoms with van der Waals surface area (Å²) in [5.74, 6) is 1.54. The summed E-state index contributed by atoms with van der Waals surface area (Å²) in [7, 11) is 0. The Morgan fingerprint density at radius 1 is 1.19 bits per heavy atom. The Balaban J connectivity index is 1.64. The maximum absolute atomic E-state index is 13.0. The van der Waals surface area contributed by atoms with Crippen LogP contribution >= 0.6 is 0 Å². The van der Waals surface area contributed by atoms with Gasteiger partial charge in [0, 0.05) is 47.5 Å². The van der Waals surface area contributed by atoms with Crippen LogP contribution in [0, 0.1) is 13.8 Å². The molecule has 3 heterocycles. The van der Waals surface area contributed by atoms with E-state index in [4.69, 9.17) is 4.42 Å². The van der Waals surface area contributed by atoms with E-state index in [1.165, 1.54) is 6.92 Å². The van der Waals surface area contributed by atoms with Gasteiger partial charge in [-0.3, -0.25) is 14.7 Å². The van der Waals surface area contributed by atoms with Crippen molar-refractivity contribution in [3.8, 4) is 11.3 Å². The Kier molecular flexibility index (Phi) is 4.18. The topological polar surface area (TPSA) is 79.2 Å². The maximum atomic E-state index is 13.0. The van der Waals surface area contributed by atoms with Crippen LogP contribution < -0.4 is 0 Å². The molecule has 0 saturated heterocycles. The molecule has 2 aromatic heterocycles. The standard InChI is InChI=1S/C21H21N3O3/c1-12-9-17(14(3)27-12)20-18-11-24(8-7-19(18)22-23-20)21(26)16-6-4-5-15(10-16)13(2)25/h4-6,9-10H,7-8,11H2,1-3H3,(H,22,23). The Morgan fingerprint density at radius 3 is 2.67 bits per heavy atom. The minimum atomic E-state index is -0.0732. The normalized spacial score (nSPS) is 13.5. The SMILES string of the molecule is CC(=O)c1cccc(C(=O)N2CCc3[nH]nc(-c4cc(C)oc4C)c3C2)c1. The monoisotopic (exact) mass is 363 g/mol. The van der Waals surface area contributed by atoms with Crippen LogP contribution in [0.15, 0.2) is 34.7 Å². The number of benzene rings is 1. The van der Waals surface area contributed by atoms with Crippen LogP contribution in [0.25, 0.3) is 11.3 Å². The smallest absolute Gasteiger partial charge is 0.254 e. The molecule has 1 amide bonds. The molecule has 1 aliphatic rings. The van der Waals surface area contributed by atoms with E-state index < -0.39 is 0 Å². The third-order valence-electron chi connectivity index (χ3n) is 5.03. The van der Waals surface area contributed by atoms with Gasteiger partial charge in [-0.25, -0.2) is 0 Å². The number of nitrogens with one attached hydrogen (secondary N) is 1. The summed E-state index contributed by atoms with van der Waals surface area (Å²) in [4.78, 5) is 26.4. The lowest BCUT2D eigenvalue weighted by atomic mass is 10.00. The number of fused-ring (bicyclic) bond motifs is 1. The summed E-state index contributed by atoms with van der Waals surface area (Å²) >= 11 is 0. The number of nitrogens with zero attached hydrogens (tertiary/aromatic N) is 2. The highest BCUT2D eigenvalue weighted by Gasteiger charge is 2.27. The van der Waals surface area contributed by atoms with Gasteiger partial charge in [0.1, 0.15) is 17.2 Å². The van der Waals surface area contributed by atoms with E-state index in [2.05, 4.69) is 10.2 Å². The molecular formula is C21H21N3O3. The Morgan fingerprint density at radius 2 is 1.96 bits per heavy atom. The Bertz CT molecular complexity index is 1040. The molecule has 4 rings (SSSR count). The molecule has 0 spiro atoms.